The van der Waals surface area contributed by atoms with Crippen LogP contribution in [0, 0.1) is 0 Å². The van der Waals surface area contributed by atoms with Crippen molar-refractivity contribution >= 4 is 18.4 Å². The monoisotopic (exact) mass is 507 g/mol. The van der Waals surface area contributed by atoms with Crippen molar-refractivity contribution in [1.82, 2.24) is 0 Å². The third kappa shape index (κ3) is 7.39. The molecule has 0 aliphatic carbocycles. The molecule has 0 unspecified atom stereocenters. The Hall–Kier alpha value is -2.72. The first-order valence-corrected chi connectivity index (χ1v) is 11.7. The van der Waals surface area contributed by atoms with Gasteiger partial charge in [-0.2, -0.15) is 13.2 Å². The Morgan fingerprint density at radius 3 is 1.94 bits per heavy atom. The van der Waals surface area contributed by atoms with Crippen molar-refractivity contribution in [3.8, 4) is 0 Å². The maximum Gasteiger partial charge on any atom is 0.416 e. The normalized spacial score (nSPS) is 25.0. The molecule has 1 fully saturated rings. The van der Waals surface area contributed by atoms with Crippen LogP contribution in [0.15, 0.2) is 53.7 Å². The van der Waals surface area contributed by atoms with Crippen LogP contribution in [0.4, 0.5) is 13.2 Å². The minimum atomic E-state index is -4.34. The Labute approximate surface area is 209 Å². The smallest absolute Gasteiger partial charge is 0.376 e. The van der Waals surface area contributed by atoms with Gasteiger partial charge in [-0.15, -0.1) is 0 Å². The lowest BCUT2D eigenvalue weighted by atomic mass is 9.99. The van der Waals surface area contributed by atoms with Crippen molar-refractivity contribution in [2.45, 2.75) is 57.2 Å². The quantitative estimate of drug-likeness (QED) is 0.231. The second-order valence-corrected chi connectivity index (χ2v) is 8.41. The molecule has 0 radical (unpaired) electrons. The molecule has 3 rings (SSSR count). The average molecular weight is 508 g/mol. The van der Waals surface area contributed by atoms with Crippen molar-refractivity contribution in [1.29, 1.82) is 0 Å². The number of hydrogen-bond acceptors (Lipinski definition) is 6. The molecule has 1 saturated heterocycles. The molecule has 2 aromatic carbocycles. The molecular weight excluding hydrogens is 475 g/mol. The number of alkyl halides is 3. The number of hydrogen-bond donors (Lipinski definition) is 0. The third-order valence-electron chi connectivity index (χ3n) is 5.80. The number of oxime groups is 1. The Bertz CT molecular complexity index is 992. The van der Waals surface area contributed by atoms with Crippen LogP contribution in [0.25, 0.3) is 12.2 Å². The van der Waals surface area contributed by atoms with Gasteiger partial charge in [0.2, 0.25) is 0 Å². The highest BCUT2D eigenvalue weighted by molar-refractivity contribution is 5.80. The van der Waals surface area contributed by atoms with Gasteiger partial charge in [-0.25, -0.2) is 0 Å². The topological polar surface area (TPSA) is 58.5 Å². The summed E-state index contributed by atoms with van der Waals surface area (Å²) in [6, 6.07) is 12.5. The molecule has 0 aromatic heterocycles. The molecule has 0 N–H and O–H groups in total. The van der Waals surface area contributed by atoms with Gasteiger partial charge in [0.1, 0.15) is 12.2 Å². The van der Waals surface area contributed by atoms with E-state index in [1.54, 1.807) is 26.5 Å². The maximum absolute atomic E-state index is 12.7. The number of methoxy groups -OCH3 is 2. The molecule has 0 bridgehead atoms. The zero-order chi connectivity index (χ0) is 26.1. The number of halogens is 3. The Morgan fingerprint density at radius 1 is 0.861 bits per heavy atom. The summed E-state index contributed by atoms with van der Waals surface area (Å²) >= 11 is 0. The number of ether oxygens (including phenoxy) is 4. The highest BCUT2D eigenvalue weighted by Crippen LogP contribution is 2.30. The second kappa shape index (κ2) is 13.0. The van der Waals surface area contributed by atoms with E-state index in [0.29, 0.717) is 12.2 Å². The minimum Gasteiger partial charge on any atom is -0.376 e. The summed E-state index contributed by atoms with van der Waals surface area (Å²) in [4.78, 5) is 5.63. The van der Waals surface area contributed by atoms with Gasteiger partial charge in [0, 0.05) is 20.8 Å². The highest BCUT2D eigenvalue weighted by atomic mass is 19.4. The van der Waals surface area contributed by atoms with E-state index in [-0.39, 0.29) is 18.3 Å². The van der Waals surface area contributed by atoms with Crippen molar-refractivity contribution < 1.29 is 37.0 Å². The second-order valence-electron chi connectivity index (χ2n) is 8.41. The molecule has 2 aromatic rings. The van der Waals surface area contributed by atoms with Crippen molar-refractivity contribution in [2.24, 2.45) is 5.16 Å². The first-order chi connectivity index (χ1) is 17.3. The van der Waals surface area contributed by atoms with Gasteiger partial charge in [0.15, 0.2) is 6.10 Å². The fourth-order valence-electron chi connectivity index (χ4n) is 3.89. The molecule has 1 heterocycles. The Kier molecular flexibility index (Phi) is 10.1. The first-order valence-electron chi connectivity index (χ1n) is 11.7. The largest absolute Gasteiger partial charge is 0.416 e. The van der Waals surface area contributed by atoms with Gasteiger partial charge < -0.3 is 23.8 Å². The van der Waals surface area contributed by atoms with Crippen molar-refractivity contribution in [3.63, 3.8) is 0 Å². The van der Waals surface area contributed by atoms with Gasteiger partial charge in [-0.05, 0) is 42.2 Å². The molecule has 1 aliphatic rings. The van der Waals surface area contributed by atoms with Gasteiger partial charge in [0.05, 0.1) is 17.9 Å². The zero-order valence-electron chi connectivity index (χ0n) is 20.8. The van der Waals surface area contributed by atoms with Crippen LogP contribution in [0.1, 0.15) is 42.5 Å². The fraction of sp³-hybridized carbons (Fsp3) is 0.444. The van der Waals surface area contributed by atoms with E-state index in [1.165, 1.54) is 12.1 Å². The predicted molar refractivity (Wildman–Crippen MR) is 131 cm³/mol. The minimum absolute atomic E-state index is 0.279. The molecule has 0 amide bonds. The molecule has 0 saturated carbocycles. The van der Waals surface area contributed by atoms with E-state index >= 15 is 0 Å². The van der Waals surface area contributed by atoms with Gasteiger partial charge >= 0.3 is 6.18 Å². The maximum atomic E-state index is 12.7. The van der Waals surface area contributed by atoms with E-state index in [1.807, 2.05) is 44.2 Å². The van der Waals surface area contributed by atoms with Crippen molar-refractivity contribution in [3.05, 3.63) is 70.8 Å². The van der Waals surface area contributed by atoms with Crippen LogP contribution in [-0.2, 0) is 30.0 Å². The average Bonchev–Trinajstić information content (AvgIpc) is 2.86. The lowest BCUT2D eigenvalue weighted by Gasteiger charge is -2.42. The van der Waals surface area contributed by atoms with E-state index < -0.39 is 24.1 Å². The lowest BCUT2D eigenvalue weighted by molar-refractivity contribution is -0.308. The summed E-state index contributed by atoms with van der Waals surface area (Å²) in [5.74, 6) is 0. The van der Waals surface area contributed by atoms with Crippen LogP contribution in [0.5, 0.6) is 0 Å². The Morgan fingerprint density at radius 2 is 1.42 bits per heavy atom. The van der Waals surface area contributed by atoms with Crippen LogP contribution < -0.4 is 0 Å². The van der Waals surface area contributed by atoms with Gasteiger partial charge in [-0.1, -0.05) is 60.6 Å². The number of benzene rings is 2. The summed E-state index contributed by atoms with van der Waals surface area (Å²) in [5, 5.41) is 4.08. The Balaban J connectivity index is 1.59. The molecule has 1 aliphatic heterocycles. The van der Waals surface area contributed by atoms with Crippen LogP contribution >= 0.6 is 0 Å². The van der Waals surface area contributed by atoms with Crippen molar-refractivity contribution in [2.75, 3.05) is 20.8 Å². The van der Waals surface area contributed by atoms with Gasteiger partial charge in [0.25, 0.3) is 6.29 Å². The molecule has 9 heteroatoms. The summed E-state index contributed by atoms with van der Waals surface area (Å²) in [6.45, 7) is 4.48. The molecule has 36 heavy (non-hydrogen) atoms. The molecular formula is C27H32F3NO5. The SMILES string of the molecule is CCCO[C@@H]1[C@H](OC)[C@H](ON=Cc2ccc(C=Cc3ccc(C(F)(F)F)cc3)cc2)O[C@@H](C)[C@@H]1OC. The van der Waals surface area contributed by atoms with Crippen LogP contribution in [0.2, 0.25) is 0 Å². The summed E-state index contributed by atoms with van der Waals surface area (Å²) in [5.41, 5.74) is 1.69. The van der Waals surface area contributed by atoms with E-state index in [9.17, 15) is 13.2 Å². The number of rotatable bonds is 10. The van der Waals surface area contributed by atoms with E-state index in [2.05, 4.69) is 5.16 Å². The third-order valence-corrected chi connectivity index (χ3v) is 5.80. The zero-order valence-corrected chi connectivity index (χ0v) is 20.8. The molecule has 6 nitrogen and oxygen atoms in total. The van der Waals surface area contributed by atoms with E-state index in [0.717, 1.165) is 29.7 Å². The van der Waals surface area contributed by atoms with Crippen LogP contribution in [-0.4, -0.2) is 57.7 Å². The summed E-state index contributed by atoms with van der Waals surface area (Å²) in [7, 11) is 3.18. The predicted octanol–water partition coefficient (Wildman–Crippen LogP) is 5.80. The summed E-state index contributed by atoms with van der Waals surface area (Å²) in [6.07, 6.45) is -0.565. The van der Waals surface area contributed by atoms with Gasteiger partial charge in [-0.3, -0.25) is 0 Å². The lowest BCUT2D eigenvalue weighted by Crippen LogP contribution is -2.59. The summed E-state index contributed by atoms with van der Waals surface area (Å²) < 4.78 is 61.1. The fourth-order valence-corrected chi connectivity index (χ4v) is 3.89. The molecule has 196 valence electrons. The van der Waals surface area contributed by atoms with E-state index in [4.69, 9.17) is 23.8 Å². The first kappa shape index (κ1) is 27.9. The molecule has 5 atom stereocenters. The highest BCUT2D eigenvalue weighted by Gasteiger charge is 2.47. The van der Waals surface area contributed by atoms with Crippen LogP contribution in [0.3, 0.4) is 0 Å². The number of nitrogens with zero attached hydrogens (tertiary/aromatic N) is 1. The molecule has 0 spiro atoms. The standard InChI is InChI=1S/C27H32F3NO5/c1-5-16-34-24-23(32-3)18(2)35-26(25(24)33-4)36-31-17-21-10-8-19(9-11-21)6-7-20-12-14-22(15-13-20)27(28,29)30/h6-15,17-18,23-26H,5,16H2,1-4H3/t18-,23-,24-,25-,26-/m0/s1.